The standard InChI is InChI=1S/C78H58N4O2.Pt/c1-3-50(56-37-44-74-68(46-56)61-21-9-14-26-73(61)82(74)58-40-35-53(36-41-58)52-33-38-57(39-34-52)81-71-24-12-7-19-59(71)60-20-8-13-25-72(60)81)45-49(2)51-29-31-55(32-30-51)67-48-70(65-23-11-16-28-76(65)84)80-78-63(67)43-42-62-66(54-17-5-4-6-18-54)47-69(79-77(62)78)64-22-10-15-27-75(64)83;/h4-44,46-50,83-84H,3,45H2,1-2H3;. The molecule has 11 aromatic carbocycles. The van der Waals surface area contributed by atoms with Gasteiger partial charge in [-0.15, -0.1) is 0 Å². The van der Waals surface area contributed by atoms with E-state index in [2.05, 4.69) is 223 Å². The molecule has 0 amide bonds. The number of para-hydroxylation sites is 5. The van der Waals surface area contributed by atoms with Gasteiger partial charge >= 0.3 is 0 Å². The second-order valence-electron chi connectivity index (χ2n) is 22.3. The number of benzene rings is 11. The van der Waals surface area contributed by atoms with Crippen molar-refractivity contribution in [3.63, 3.8) is 0 Å². The van der Waals surface area contributed by atoms with Gasteiger partial charge in [-0.1, -0.05) is 190 Å². The van der Waals surface area contributed by atoms with E-state index in [9.17, 15) is 10.2 Å². The first-order valence-electron chi connectivity index (χ1n) is 29.1. The fourth-order valence-electron chi connectivity index (χ4n) is 13.1. The van der Waals surface area contributed by atoms with E-state index in [1.165, 1.54) is 65.9 Å². The molecule has 0 radical (unpaired) electrons. The molecule has 6 nitrogen and oxygen atoms in total. The van der Waals surface area contributed by atoms with Crippen molar-refractivity contribution in [1.29, 1.82) is 0 Å². The molecular weight excluding hydrogens is 1220 g/mol. The molecule has 2 atom stereocenters. The van der Waals surface area contributed by atoms with Crippen LogP contribution in [0.5, 0.6) is 11.5 Å². The van der Waals surface area contributed by atoms with Gasteiger partial charge in [-0.3, -0.25) is 0 Å². The van der Waals surface area contributed by atoms with Crippen LogP contribution in [0, 0.1) is 0 Å². The third-order valence-electron chi connectivity index (χ3n) is 17.5. The summed E-state index contributed by atoms with van der Waals surface area (Å²) in [6.07, 6.45) is 2.02. The average molecular weight is 1280 g/mol. The summed E-state index contributed by atoms with van der Waals surface area (Å²) < 4.78 is 4.78. The third kappa shape index (κ3) is 9.35. The number of phenols is 2. The summed E-state index contributed by atoms with van der Waals surface area (Å²) >= 11 is 0. The van der Waals surface area contributed by atoms with Crippen LogP contribution in [-0.4, -0.2) is 29.3 Å². The fourth-order valence-corrected chi connectivity index (χ4v) is 13.1. The van der Waals surface area contributed by atoms with Crippen LogP contribution in [-0.2, 0) is 21.1 Å². The fraction of sp³-hybridized carbons (Fsp3) is 0.0769. The maximum absolute atomic E-state index is 11.3. The van der Waals surface area contributed by atoms with Crippen molar-refractivity contribution < 1.29 is 31.3 Å². The molecule has 15 rings (SSSR count). The van der Waals surface area contributed by atoms with Crippen molar-refractivity contribution in [2.75, 3.05) is 0 Å². The minimum atomic E-state index is 0. The monoisotopic (exact) mass is 1280 g/mol. The van der Waals surface area contributed by atoms with Crippen LogP contribution in [0.1, 0.15) is 49.7 Å². The molecular formula is C78H58N4O2Pt. The van der Waals surface area contributed by atoms with Crippen molar-refractivity contribution >= 4 is 65.4 Å². The van der Waals surface area contributed by atoms with Crippen LogP contribution in [0.2, 0.25) is 0 Å². The molecule has 0 aliphatic carbocycles. The molecule has 2 N–H and O–H groups in total. The zero-order chi connectivity index (χ0) is 56.4. The van der Waals surface area contributed by atoms with E-state index in [-0.39, 0.29) is 38.5 Å². The molecule has 4 heterocycles. The van der Waals surface area contributed by atoms with Crippen LogP contribution in [0.15, 0.2) is 267 Å². The number of hydrogen-bond acceptors (Lipinski definition) is 4. The summed E-state index contributed by atoms with van der Waals surface area (Å²) in [4.78, 5) is 10.6. The molecule has 0 saturated carbocycles. The zero-order valence-corrected chi connectivity index (χ0v) is 49.2. The average Bonchev–Trinajstić information content (AvgIpc) is 2.11. The number of fused-ring (bicyclic) bond motifs is 9. The smallest absolute Gasteiger partial charge is 0.124 e. The Morgan fingerprint density at radius 3 is 1.24 bits per heavy atom. The Morgan fingerprint density at radius 2 is 0.753 bits per heavy atom. The van der Waals surface area contributed by atoms with E-state index in [4.69, 9.17) is 9.97 Å². The van der Waals surface area contributed by atoms with Gasteiger partial charge in [0, 0.05) is 75.9 Å². The van der Waals surface area contributed by atoms with Crippen molar-refractivity contribution in [2.45, 2.75) is 38.5 Å². The van der Waals surface area contributed by atoms with Gasteiger partial charge in [0.25, 0.3) is 0 Å². The molecule has 412 valence electrons. The second kappa shape index (κ2) is 22.0. The van der Waals surface area contributed by atoms with E-state index < -0.39 is 0 Å². The van der Waals surface area contributed by atoms with E-state index in [1.54, 1.807) is 12.1 Å². The molecule has 0 fully saturated rings. The molecule has 0 saturated heterocycles. The number of rotatable bonds is 12. The van der Waals surface area contributed by atoms with Crippen molar-refractivity contribution in [3.8, 4) is 78.8 Å². The van der Waals surface area contributed by atoms with Crippen LogP contribution < -0.4 is 0 Å². The number of aromatic hydroxyl groups is 2. The second-order valence-corrected chi connectivity index (χ2v) is 22.3. The Morgan fingerprint density at radius 1 is 0.353 bits per heavy atom. The molecule has 0 spiro atoms. The van der Waals surface area contributed by atoms with E-state index in [0.29, 0.717) is 39.5 Å². The van der Waals surface area contributed by atoms with Gasteiger partial charge in [-0.2, -0.15) is 0 Å². The number of nitrogens with zero attached hydrogens (tertiary/aromatic N) is 4. The normalized spacial score (nSPS) is 12.4. The van der Waals surface area contributed by atoms with Crippen molar-refractivity contribution in [3.05, 3.63) is 278 Å². The van der Waals surface area contributed by atoms with Gasteiger partial charge in [0.15, 0.2) is 0 Å². The van der Waals surface area contributed by atoms with Gasteiger partial charge < -0.3 is 19.3 Å². The first-order valence-corrected chi connectivity index (χ1v) is 29.1. The summed E-state index contributed by atoms with van der Waals surface area (Å²) in [6, 6.07) is 93.8. The van der Waals surface area contributed by atoms with Crippen LogP contribution in [0.3, 0.4) is 0 Å². The van der Waals surface area contributed by atoms with E-state index in [0.717, 1.165) is 57.2 Å². The molecule has 0 aliphatic heterocycles. The minimum absolute atomic E-state index is 0. The molecule has 7 heteroatoms. The number of pyridine rings is 2. The Kier molecular flexibility index (Phi) is 13.8. The SMILES string of the molecule is CCC(CC(C)c1ccc(-c2cc(-c3ccccc3O)nc3c2ccc2c(-c4ccccc4)cc(-c4ccccc4O)nc23)cc1)c1ccc2c(c1)c1ccccc1n2-c1ccc(-c2ccc(-n3c4ccccc4c4ccccc43)cc2)cc1.[Pt]. The molecule has 15 aromatic rings. The summed E-state index contributed by atoms with van der Waals surface area (Å²) in [6.45, 7) is 4.67. The summed E-state index contributed by atoms with van der Waals surface area (Å²) in [5, 5.41) is 29.3. The third-order valence-corrected chi connectivity index (χ3v) is 17.5. The Bertz CT molecular complexity index is 4960. The maximum atomic E-state index is 11.3. The first kappa shape index (κ1) is 53.2. The molecule has 0 aliphatic rings. The minimum Gasteiger partial charge on any atom is -0.507 e. The van der Waals surface area contributed by atoms with Gasteiger partial charge in [0.2, 0.25) is 0 Å². The molecule has 2 unspecified atom stereocenters. The number of aromatic nitrogens is 4. The van der Waals surface area contributed by atoms with E-state index in [1.807, 2.05) is 54.6 Å². The number of hydrogen-bond donors (Lipinski definition) is 2. The van der Waals surface area contributed by atoms with Gasteiger partial charge in [-0.25, -0.2) is 9.97 Å². The quantitative estimate of drug-likeness (QED) is 0.120. The zero-order valence-electron chi connectivity index (χ0n) is 47.0. The Balaban J connectivity index is 0.00000640. The molecule has 0 bridgehead atoms. The van der Waals surface area contributed by atoms with Gasteiger partial charge in [-0.05, 0) is 160 Å². The van der Waals surface area contributed by atoms with Crippen LogP contribution >= 0.6 is 0 Å². The predicted octanol–water partition coefficient (Wildman–Crippen LogP) is 20.4. The Labute approximate surface area is 507 Å². The first-order chi connectivity index (χ1) is 41.3. The van der Waals surface area contributed by atoms with Crippen molar-refractivity contribution in [2.24, 2.45) is 0 Å². The van der Waals surface area contributed by atoms with Crippen LogP contribution in [0.25, 0.3) is 133 Å². The van der Waals surface area contributed by atoms with Gasteiger partial charge in [0.05, 0.1) is 44.5 Å². The largest absolute Gasteiger partial charge is 0.507 e. The number of phenolic OH excluding ortho intramolecular Hbond substituents is 2. The van der Waals surface area contributed by atoms with Crippen molar-refractivity contribution in [1.82, 2.24) is 19.1 Å². The molecule has 85 heavy (non-hydrogen) atoms. The maximum Gasteiger partial charge on any atom is 0.124 e. The van der Waals surface area contributed by atoms with Crippen LogP contribution in [0.4, 0.5) is 0 Å². The summed E-state index contributed by atoms with van der Waals surface area (Å²) in [5.74, 6) is 0.947. The summed E-state index contributed by atoms with van der Waals surface area (Å²) in [5.41, 5.74) is 20.2. The predicted molar refractivity (Wildman–Crippen MR) is 349 cm³/mol. The Hall–Kier alpha value is -9.87. The summed E-state index contributed by atoms with van der Waals surface area (Å²) in [7, 11) is 0. The molecule has 4 aromatic heterocycles. The topological polar surface area (TPSA) is 76.1 Å². The van der Waals surface area contributed by atoms with E-state index >= 15 is 0 Å². The van der Waals surface area contributed by atoms with Gasteiger partial charge in [0.1, 0.15) is 11.5 Å².